The average molecular weight is 378 g/mol. The molecule has 2 aliphatic heterocycles. The molecule has 0 spiro atoms. The van der Waals surface area contributed by atoms with Crippen molar-refractivity contribution in [1.29, 1.82) is 0 Å². The Morgan fingerprint density at radius 1 is 0.960 bits per heavy atom. The summed E-state index contributed by atoms with van der Waals surface area (Å²) < 4.78 is 63.0. The Hall–Kier alpha value is -1.61. The van der Waals surface area contributed by atoms with Crippen LogP contribution in [0.4, 0.5) is 13.2 Å². The summed E-state index contributed by atoms with van der Waals surface area (Å²) in [5.41, 5.74) is -0.843. The minimum Gasteiger partial charge on any atom is -0.356 e. The van der Waals surface area contributed by atoms with Crippen LogP contribution in [-0.2, 0) is 21.0 Å². The van der Waals surface area contributed by atoms with Gasteiger partial charge in [0.2, 0.25) is 15.9 Å². The van der Waals surface area contributed by atoms with Gasteiger partial charge in [0.25, 0.3) is 0 Å². The predicted molar refractivity (Wildman–Crippen MR) is 86.3 cm³/mol. The second kappa shape index (κ2) is 8.18. The molecule has 140 valence electrons. The highest BCUT2D eigenvalue weighted by atomic mass is 32.2. The Morgan fingerprint density at radius 2 is 1.56 bits per heavy atom. The maximum absolute atomic E-state index is 12.4. The van der Waals surface area contributed by atoms with Crippen molar-refractivity contribution in [1.82, 2.24) is 9.62 Å². The SMILES string of the molecule is O=C1CCCN1.O=S(=O)(c1ccc(C(F)(F)F)cc1)N1CCCCC1. The summed E-state index contributed by atoms with van der Waals surface area (Å²) >= 11 is 0. The third-order valence-electron chi connectivity index (χ3n) is 4.04. The number of hydrogen-bond acceptors (Lipinski definition) is 3. The van der Waals surface area contributed by atoms with Gasteiger partial charge in [-0.3, -0.25) is 4.79 Å². The Morgan fingerprint density at radius 3 is 1.96 bits per heavy atom. The first-order valence-electron chi connectivity index (χ1n) is 8.15. The molecule has 0 aliphatic carbocycles. The number of sulfonamides is 1. The second-order valence-corrected chi connectivity index (χ2v) is 7.88. The van der Waals surface area contributed by atoms with Gasteiger partial charge in [0.1, 0.15) is 0 Å². The summed E-state index contributed by atoms with van der Waals surface area (Å²) in [6, 6.07) is 3.65. The summed E-state index contributed by atoms with van der Waals surface area (Å²) in [5.74, 6) is 0.204. The summed E-state index contributed by atoms with van der Waals surface area (Å²) in [5, 5.41) is 2.68. The Balaban J connectivity index is 0.000000316. The molecule has 0 unspecified atom stereocenters. The molecule has 1 aromatic rings. The molecule has 9 heteroatoms. The Bertz CT molecular complexity index is 674. The minimum atomic E-state index is -4.45. The number of halogens is 3. The Labute approximate surface area is 145 Å². The molecule has 1 amide bonds. The molecule has 0 saturated carbocycles. The van der Waals surface area contributed by atoms with E-state index < -0.39 is 21.8 Å². The lowest BCUT2D eigenvalue weighted by Gasteiger charge is -2.25. The van der Waals surface area contributed by atoms with E-state index in [9.17, 15) is 26.4 Å². The molecule has 5 nitrogen and oxygen atoms in total. The van der Waals surface area contributed by atoms with Crippen LogP contribution in [0.5, 0.6) is 0 Å². The smallest absolute Gasteiger partial charge is 0.356 e. The summed E-state index contributed by atoms with van der Waals surface area (Å²) in [6.07, 6.45) is -0.120. The number of carbonyl (C=O) groups is 1. The van der Waals surface area contributed by atoms with Crippen molar-refractivity contribution in [2.75, 3.05) is 19.6 Å². The van der Waals surface area contributed by atoms with Gasteiger partial charge in [-0.05, 0) is 43.5 Å². The highest BCUT2D eigenvalue weighted by Gasteiger charge is 2.31. The zero-order chi connectivity index (χ0) is 18.5. The number of piperidine rings is 1. The molecular formula is C16H21F3N2O3S. The molecular weight excluding hydrogens is 357 g/mol. The van der Waals surface area contributed by atoms with E-state index in [4.69, 9.17) is 0 Å². The van der Waals surface area contributed by atoms with E-state index in [1.54, 1.807) is 0 Å². The normalized spacial score (nSPS) is 19.1. The van der Waals surface area contributed by atoms with Crippen LogP contribution in [0.15, 0.2) is 29.2 Å². The van der Waals surface area contributed by atoms with Crippen LogP contribution in [0, 0.1) is 0 Å². The van der Waals surface area contributed by atoms with Crippen molar-refractivity contribution >= 4 is 15.9 Å². The van der Waals surface area contributed by atoms with Crippen molar-refractivity contribution in [3.8, 4) is 0 Å². The van der Waals surface area contributed by atoms with Gasteiger partial charge in [-0.2, -0.15) is 17.5 Å². The van der Waals surface area contributed by atoms with Crippen LogP contribution >= 0.6 is 0 Å². The molecule has 2 fully saturated rings. The quantitative estimate of drug-likeness (QED) is 0.861. The van der Waals surface area contributed by atoms with Crippen LogP contribution in [-0.4, -0.2) is 38.3 Å². The zero-order valence-electron chi connectivity index (χ0n) is 13.7. The average Bonchev–Trinajstić information content (AvgIpc) is 3.06. The molecule has 2 saturated heterocycles. The lowest BCUT2D eigenvalue weighted by Crippen LogP contribution is -2.35. The molecule has 2 aliphatic rings. The third-order valence-corrected chi connectivity index (χ3v) is 5.95. The number of rotatable bonds is 2. The maximum atomic E-state index is 12.4. The lowest BCUT2D eigenvalue weighted by molar-refractivity contribution is -0.137. The first-order valence-corrected chi connectivity index (χ1v) is 9.59. The summed E-state index contributed by atoms with van der Waals surface area (Å²) in [6.45, 7) is 1.76. The number of nitrogens with one attached hydrogen (secondary N) is 1. The fourth-order valence-corrected chi connectivity index (χ4v) is 4.15. The number of nitrogens with zero attached hydrogens (tertiary/aromatic N) is 1. The zero-order valence-corrected chi connectivity index (χ0v) is 14.5. The standard InChI is InChI=1S/C12H14F3NO2S.C4H7NO/c13-12(14,15)10-4-6-11(7-5-10)19(17,18)16-8-2-1-3-9-16;6-4-2-1-3-5-4/h4-7H,1-3,8-9H2;1-3H2,(H,5,6). The van der Waals surface area contributed by atoms with E-state index in [1.807, 2.05) is 0 Å². The highest BCUT2D eigenvalue weighted by Crippen LogP contribution is 2.30. The van der Waals surface area contributed by atoms with Gasteiger partial charge in [-0.1, -0.05) is 6.42 Å². The van der Waals surface area contributed by atoms with E-state index >= 15 is 0 Å². The van der Waals surface area contributed by atoms with Crippen molar-refractivity contribution in [3.05, 3.63) is 29.8 Å². The molecule has 3 rings (SSSR count). The van der Waals surface area contributed by atoms with Gasteiger partial charge >= 0.3 is 6.18 Å². The van der Waals surface area contributed by atoms with E-state index in [0.717, 1.165) is 62.9 Å². The molecule has 1 N–H and O–H groups in total. The van der Waals surface area contributed by atoms with Crippen LogP contribution in [0.25, 0.3) is 0 Å². The fourth-order valence-electron chi connectivity index (χ4n) is 2.64. The van der Waals surface area contributed by atoms with Crippen molar-refractivity contribution in [2.45, 2.75) is 43.2 Å². The monoisotopic (exact) mass is 378 g/mol. The fraction of sp³-hybridized carbons (Fsp3) is 0.562. The number of hydrogen-bond donors (Lipinski definition) is 1. The van der Waals surface area contributed by atoms with E-state index in [0.29, 0.717) is 13.1 Å². The molecule has 0 atom stereocenters. The van der Waals surface area contributed by atoms with E-state index in [1.165, 1.54) is 4.31 Å². The van der Waals surface area contributed by atoms with Gasteiger partial charge < -0.3 is 5.32 Å². The van der Waals surface area contributed by atoms with E-state index in [-0.39, 0.29) is 10.8 Å². The number of carbonyl (C=O) groups excluding carboxylic acids is 1. The third kappa shape index (κ3) is 5.43. The largest absolute Gasteiger partial charge is 0.416 e. The van der Waals surface area contributed by atoms with Crippen molar-refractivity contribution in [3.63, 3.8) is 0 Å². The molecule has 2 heterocycles. The minimum absolute atomic E-state index is 0.0811. The van der Waals surface area contributed by atoms with Gasteiger partial charge in [0.15, 0.2) is 0 Å². The van der Waals surface area contributed by atoms with Gasteiger partial charge in [0, 0.05) is 26.1 Å². The molecule has 0 aromatic heterocycles. The first kappa shape index (κ1) is 19.7. The van der Waals surface area contributed by atoms with Crippen LogP contribution < -0.4 is 5.32 Å². The molecule has 1 aromatic carbocycles. The van der Waals surface area contributed by atoms with Crippen LogP contribution in [0.1, 0.15) is 37.7 Å². The van der Waals surface area contributed by atoms with Crippen LogP contribution in [0.3, 0.4) is 0 Å². The number of alkyl halides is 3. The highest BCUT2D eigenvalue weighted by molar-refractivity contribution is 7.89. The Kier molecular flexibility index (Phi) is 6.45. The second-order valence-electron chi connectivity index (χ2n) is 5.94. The molecule has 25 heavy (non-hydrogen) atoms. The van der Waals surface area contributed by atoms with Crippen molar-refractivity contribution in [2.24, 2.45) is 0 Å². The van der Waals surface area contributed by atoms with Crippen molar-refractivity contribution < 1.29 is 26.4 Å². The van der Waals surface area contributed by atoms with Crippen LogP contribution in [0.2, 0.25) is 0 Å². The van der Waals surface area contributed by atoms with Gasteiger partial charge in [-0.25, -0.2) is 8.42 Å². The van der Waals surface area contributed by atoms with Gasteiger partial charge in [0.05, 0.1) is 10.5 Å². The van der Waals surface area contributed by atoms with E-state index in [2.05, 4.69) is 5.32 Å². The topological polar surface area (TPSA) is 66.5 Å². The maximum Gasteiger partial charge on any atom is 0.416 e. The summed E-state index contributed by atoms with van der Waals surface area (Å²) in [7, 11) is -3.66. The molecule has 0 bridgehead atoms. The lowest BCUT2D eigenvalue weighted by atomic mass is 10.2. The predicted octanol–water partition coefficient (Wildman–Crippen LogP) is 2.78. The first-order chi connectivity index (χ1) is 11.7. The number of benzene rings is 1. The summed E-state index contributed by atoms with van der Waals surface area (Å²) in [4.78, 5) is 10.1. The molecule has 0 radical (unpaired) electrons. The van der Waals surface area contributed by atoms with Gasteiger partial charge in [-0.15, -0.1) is 0 Å². The number of amides is 1.